The summed E-state index contributed by atoms with van der Waals surface area (Å²) in [6.07, 6.45) is 2.36. The molecule has 0 aliphatic rings. The van der Waals surface area contributed by atoms with Gasteiger partial charge in [-0.15, -0.1) is 0 Å². The topological polar surface area (TPSA) is 107 Å². The van der Waals surface area contributed by atoms with Gasteiger partial charge < -0.3 is 18.9 Å². The zero-order valence-corrected chi connectivity index (χ0v) is 20.3. The highest BCUT2D eigenvalue weighted by atomic mass is 35.5. The molecule has 0 bridgehead atoms. The molecule has 1 N–H and O–H groups in total. The lowest BCUT2D eigenvalue weighted by Crippen LogP contribution is -2.12. The van der Waals surface area contributed by atoms with Crippen molar-refractivity contribution >= 4 is 23.5 Å². The van der Waals surface area contributed by atoms with Crippen molar-refractivity contribution in [2.45, 2.75) is 32.9 Å². The molecule has 36 heavy (non-hydrogen) atoms. The fourth-order valence-electron chi connectivity index (χ4n) is 3.57. The number of carboxylic acid groups (broad SMARTS) is 1. The molecular formula is C27H22ClN3O5. The Morgan fingerprint density at radius 3 is 2.64 bits per heavy atom. The third-order valence-corrected chi connectivity index (χ3v) is 5.80. The molecule has 4 aromatic rings. The van der Waals surface area contributed by atoms with E-state index in [0.29, 0.717) is 28.6 Å². The highest BCUT2D eigenvalue weighted by molar-refractivity contribution is 6.31. The third-order valence-electron chi connectivity index (χ3n) is 5.45. The molecule has 0 saturated carbocycles. The van der Waals surface area contributed by atoms with E-state index in [9.17, 15) is 9.59 Å². The second-order valence-corrected chi connectivity index (χ2v) is 8.43. The number of hydrogen-bond acceptors (Lipinski definition) is 6. The third kappa shape index (κ3) is 5.82. The molecule has 4 rings (SSSR count). The molecule has 2 heterocycles. The number of carbonyl (C=O) groups is 2. The minimum Gasteiger partial charge on any atom is -0.476 e. The van der Waals surface area contributed by atoms with Gasteiger partial charge in [-0.05, 0) is 44.2 Å². The molecule has 0 aliphatic heterocycles. The second-order valence-electron chi connectivity index (χ2n) is 8.02. The number of esters is 1. The standard InChI is InChI=1S/C27H22ClN3O5/c1-17-22(14-25(32)35-18(2)21-7-3-4-8-23(21)28)26(36-30-17)20-11-9-19(10-12-20)6-5-13-31-15-24(27(33)34)29-16-31/h3-4,7-12,15-16,18H,13-14H2,1-2H3,(H,33,34). The minimum absolute atomic E-state index is 0.00422. The first-order valence-corrected chi connectivity index (χ1v) is 11.4. The number of imidazole rings is 1. The number of carbonyl (C=O) groups excluding carboxylic acids is 1. The van der Waals surface area contributed by atoms with Crippen molar-refractivity contribution in [3.8, 4) is 23.2 Å². The Hall–Kier alpha value is -4.35. The van der Waals surface area contributed by atoms with E-state index in [2.05, 4.69) is 22.0 Å². The first-order valence-electron chi connectivity index (χ1n) is 11.0. The summed E-state index contributed by atoms with van der Waals surface area (Å²) in [7, 11) is 0. The van der Waals surface area contributed by atoms with Crippen LogP contribution in [0.15, 0.2) is 65.6 Å². The second kappa shape index (κ2) is 10.9. The normalized spacial score (nSPS) is 11.4. The Morgan fingerprint density at radius 2 is 1.94 bits per heavy atom. The molecule has 1 unspecified atom stereocenters. The lowest BCUT2D eigenvalue weighted by atomic mass is 10.0. The lowest BCUT2D eigenvalue weighted by Gasteiger charge is -2.15. The Labute approximate surface area is 212 Å². The van der Waals surface area contributed by atoms with Gasteiger partial charge in [0.2, 0.25) is 0 Å². The molecule has 2 aromatic carbocycles. The Morgan fingerprint density at radius 1 is 1.19 bits per heavy atom. The van der Waals surface area contributed by atoms with E-state index in [0.717, 1.165) is 16.7 Å². The molecule has 9 heteroatoms. The number of carboxylic acids is 1. The molecule has 0 spiro atoms. The van der Waals surface area contributed by atoms with Crippen LogP contribution in [0.4, 0.5) is 0 Å². The summed E-state index contributed by atoms with van der Waals surface area (Å²) in [5.41, 5.74) is 3.49. The quantitative estimate of drug-likeness (QED) is 0.276. The van der Waals surface area contributed by atoms with Crippen molar-refractivity contribution in [1.29, 1.82) is 0 Å². The van der Waals surface area contributed by atoms with Gasteiger partial charge in [0.1, 0.15) is 6.10 Å². The van der Waals surface area contributed by atoms with Gasteiger partial charge >= 0.3 is 11.9 Å². The van der Waals surface area contributed by atoms with E-state index >= 15 is 0 Å². The first kappa shape index (κ1) is 24.8. The number of nitrogens with zero attached hydrogens (tertiary/aromatic N) is 3. The SMILES string of the molecule is Cc1noc(-c2ccc(C#CCn3cnc(C(=O)O)c3)cc2)c1CC(=O)OC(C)c1ccccc1Cl. The van der Waals surface area contributed by atoms with E-state index in [1.807, 2.05) is 42.5 Å². The minimum atomic E-state index is -1.08. The number of rotatable bonds is 7. The fourth-order valence-corrected chi connectivity index (χ4v) is 3.86. The smallest absolute Gasteiger partial charge is 0.356 e. The molecule has 0 radical (unpaired) electrons. The first-order chi connectivity index (χ1) is 17.3. The average molecular weight is 504 g/mol. The predicted octanol–water partition coefficient (Wildman–Crippen LogP) is 5.10. The highest BCUT2D eigenvalue weighted by Gasteiger charge is 2.21. The van der Waals surface area contributed by atoms with Crippen LogP contribution in [0.1, 0.15) is 45.9 Å². The van der Waals surface area contributed by atoms with Crippen LogP contribution >= 0.6 is 11.6 Å². The number of ether oxygens (including phenoxy) is 1. The van der Waals surface area contributed by atoms with Crippen LogP contribution in [-0.4, -0.2) is 31.8 Å². The molecule has 8 nitrogen and oxygen atoms in total. The zero-order valence-electron chi connectivity index (χ0n) is 19.6. The maximum atomic E-state index is 12.7. The summed E-state index contributed by atoms with van der Waals surface area (Å²) < 4.78 is 12.7. The van der Waals surface area contributed by atoms with Crippen LogP contribution in [0.3, 0.4) is 0 Å². The molecular weight excluding hydrogens is 482 g/mol. The Balaban J connectivity index is 1.42. The van der Waals surface area contributed by atoms with Gasteiger partial charge in [0.15, 0.2) is 11.5 Å². The summed E-state index contributed by atoms with van der Waals surface area (Å²) in [6.45, 7) is 3.86. The summed E-state index contributed by atoms with van der Waals surface area (Å²) in [5, 5.41) is 13.5. The number of aromatic nitrogens is 3. The Kier molecular flexibility index (Phi) is 7.52. The van der Waals surface area contributed by atoms with Crippen LogP contribution in [0.2, 0.25) is 5.02 Å². The van der Waals surface area contributed by atoms with Crippen molar-refractivity contribution in [3.05, 3.63) is 94.2 Å². The summed E-state index contributed by atoms with van der Waals surface area (Å²) in [4.78, 5) is 27.4. The highest BCUT2D eigenvalue weighted by Crippen LogP contribution is 2.29. The Bertz CT molecular complexity index is 1460. The number of hydrogen-bond donors (Lipinski definition) is 1. The summed E-state index contributed by atoms with van der Waals surface area (Å²) in [5.74, 6) is 5.01. The molecule has 0 amide bonds. The average Bonchev–Trinajstić information content (AvgIpc) is 3.47. The maximum absolute atomic E-state index is 12.7. The van der Waals surface area contributed by atoms with E-state index in [-0.39, 0.29) is 12.1 Å². The van der Waals surface area contributed by atoms with Crippen molar-refractivity contribution in [2.75, 3.05) is 0 Å². The largest absolute Gasteiger partial charge is 0.476 e. The number of halogens is 1. The van der Waals surface area contributed by atoms with Gasteiger partial charge in [-0.1, -0.05) is 46.8 Å². The number of benzene rings is 2. The van der Waals surface area contributed by atoms with Crippen LogP contribution in [-0.2, 0) is 22.5 Å². The van der Waals surface area contributed by atoms with Crippen molar-refractivity contribution in [3.63, 3.8) is 0 Å². The predicted molar refractivity (Wildman–Crippen MR) is 132 cm³/mol. The molecule has 0 fully saturated rings. The van der Waals surface area contributed by atoms with E-state index < -0.39 is 18.0 Å². The van der Waals surface area contributed by atoms with Gasteiger partial charge in [-0.2, -0.15) is 0 Å². The summed E-state index contributed by atoms with van der Waals surface area (Å²) in [6, 6.07) is 14.6. The van der Waals surface area contributed by atoms with Crippen LogP contribution in [0.25, 0.3) is 11.3 Å². The maximum Gasteiger partial charge on any atom is 0.356 e. The van der Waals surface area contributed by atoms with E-state index in [1.165, 1.54) is 12.5 Å². The molecule has 2 aromatic heterocycles. The van der Waals surface area contributed by atoms with Gasteiger partial charge in [-0.25, -0.2) is 9.78 Å². The van der Waals surface area contributed by atoms with E-state index in [4.69, 9.17) is 26.0 Å². The molecule has 182 valence electrons. The number of aromatic carboxylic acids is 1. The van der Waals surface area contributed by atoms with Gasteiger partial charge in [0.25, 0.3) is 0 Å². The molecule has 0 aliphatic carbocycles. The van der Waals surface area contributed by atoms with Crippen molar-refractivity contribution < 1.29 is 24.0 Å². The van der Waals surface area contributed by atoms with E-state index in [1.54, 1.807) is 24.5 Å². The van der Waals surface area contributed by atoms with Crippen molar-refractivity contribution in [2.24, 2.45) is 0 Å². The molecule has 1 atom stereocenters. The van der Waals surface area contributed by atoms with Crippen LogP contribution in [0, 0.1) is 18.8 Å². The van der Waals surface area contributed by atoms with Gasteiger partial charge in [0.05, 0.1) is 25.0 Å². The zero-order chi connectivity index (χ0) is 25.7. The summed E-state index contributed by atoms with van der Waals surface area (Å²) >= 11 is 6.21. The lowest BCUT2D eigenvalue weighted by molar-refractivity contribution is -0.147. The van der Waals surface area contributed by atoms with Crippen molar-refractivity contribution in [1.82, 2.24) is 14.7 Å². The fraction of sp³-hybridized carbons (Fsp3) is 0.185. The van der Waals surface area contributed by atoms with Gasteiger partial charge in [0, 0.05) is 33.5 Å². The van der Waals surface area contributed by atoms with Crippen LogP contribution in [0.5, 0.6) is 0 Å². The number of aryl methyl sites for hydroxylation is 1. The van der Waals surface area contributed by atoms with Crippen LogP contribution < -0.4 is 0 Å². The molecule has 0 saturated heterocycles. The monoisotopic (exact) mass is 503 g/mol. The van der Waals surface area contributed by atoms with Gasteiger partial charge in [-0.3, -0.25) is 4.79 Å².